The molecule has 144 valence electrons. The number of halogens is 1. The van der Waals surface area contributed by atoms with E-state index in [1.165, 1.54) is 0 Å². The SMILES string of the molecule is COc1cc(C(=O)N2CCN(c3ncc(Br)cn3)CC2)ccc1OC(C)C. The largest absolute Gasteiger partial charge is 0.493 e. The average Bonchev–Trinajstić information content (AvgIpc) is 2.68. The third-order valence-corrected chi connectivity index (χ3v) is 4.64. The third-order valence-electron chi connectivity index (χ3n) is 4.23. The molecule has 1 saturated heterocycles. The molecular formula is C19H23BrN4O3. The van der Waals surface area contributed by atoms with E-state index in [2.05, 4.69) is 30.8 Å². The Bertz CT molecular complexity index is 790. The van der Waals surface area contributed by atoms with Crippen LogP contribution in [0.2, 0.25) is 0 Å². The molecule has 0 spiro atoms. The van der Waals surface area contributed by atoms with Gasteiger partial charge in [-0.3, -0.25) is 4.79 Å². The summed E-state index contributed by atoms with van der Waals surface area (Å²) in [4.78, 5) is 25.4. The lowest BCUT2D eigenvalue weighted by molar-refractivity contribution is 0.0745. The van der Waals surface area contributed by atoms with Gasteiger partial charge in [-0.25, -0.2) is 9.97 Å². The highest BCUT2D eigenvalue weighted by atomic mass is 79.9. The zero-order valence-corrected chi connectivity index (χ0v) is 17.3. The molecule has 0 saturated carbocycles. The number of ether oxygens (including phenoxy) is 2. The number of methoxy groups -OCH3 is 1. The Balaban J connectivity index is 1.66. The van der Waals surface area contributed by atoms with Gasteiger partial charge in [0.1, 0.15) is 0 Å². The van der Waals surface area contributed by atoms with Gasteiger partial charge in [0.15, 0.2) is 11.5 Å². The van der Waals surface area contributed by atoms with Crippen molar-refractivity contribution in [3.05, 3.63) is 40.6 Å². The Morgan fingerprint density at radius 2 is 1.78 bits per heavy atom. The molecule has 8 heteroatoms. The zero-order valence-electron chi connectivity index (χ0n) is 15.7. The van der Waals surface area contributed by atoms with E-state index in [-0.39, 0.29) is 12.0 Å². The molecule has 2 heterocycles. The van der Waals surface area contributed by atoms with Crippen LogP contribution in [-0.4, -0.2) is 60.2 Å². The molecule has 0 bridgehead atoms. The van der Waals surface area contributed by atoms with Crippen LogP contribution in [0.5, 0.6) is 11.5 Å². The first-order chi connectivity index (χ1) is 13.0. The monoisotopic (exact) mass is 434 g/mol. The lowest BCUT2D eigenvalue weighted by Crippen LogP contribution is -2.49. The van der Waals surface area contributed by atoms with Crippen molar-refractivity contribution in [2.24, 2.45) is 0 Å². The van der Waals surface area contributed by atoms with Crippen molar-refractivity contribution in [3.8, 4) is 11.5 Å². The maximum Gasteiger partial charge on any atom is 0.254 e. The first-order valence-electron chi connectivity index (χ1n) is 8.84. The van der Waals surface area contributed by atoms with E-state index >= 15 is 0 Å². The highest BCUT2D eigenvalue weighted by Crippen LogP contribution is 2.29. The standard InChI is InChI=1S/C19H23BrN4O3/c1-13(2)27-16-5-4-14(10-17(16)26-3)18(25)23-6-8-24(9-7-23)19-21-11-15(20)12-22-19/h4-5,10-13H,6-9H2,1-3H3. The van der Waals surface area contributed by atoms with Crippen molar-refractivity contribution in [3.63, 3.8) is 0 Å². The summed E-state index contributed by atoms with van der Waals surface area (Å²) in [7, 11) is 1.58. The Labute approximate surface area is 167 Å². The van der Waals surface area contributed by atoms with Gasteiger partial charge < -0.3 is 19.3 Å². The number of hydrogen-bond acceptors (Lipinski definition) is 6. The highest BCUT2D eigenvalue weighted by molar-refractivity contribution is 9.10. The summed E-state index contributed by atoms with van der Waals surface area (Å²) in [5.41, 5.74) is 0.594. The fraction of sp³-hybridized carbons (Fsp3) is 0.421. The van der Waals surface area contributed by atoms with E-state index in [1.54, 1.807) is 37.7 Å². The van der Waals surface area contributed by atoms with Crippen LogP contribution in [0.3, 0.4) is 0 Å². The molecule has 1 aliphatic rings. The number of anilines is 1. The molecule has 2 aromatic rings. The molecular weight excluding hydrogens is 412 g/mol. The van der Waals surface area contributed by atoms with Gasteiger partial charge in [-0.15, -0.1) is 0 Å². The molecule has 1 aromatic carbocycles. The van der Waals surface area contributed by atoms with Crippen LogP contribution < -0.4 is 14.4 Å². The first kappa shape index (κ1) is 19.4. The van der Waals surface area contributed by atoms with Gasteiger partial charge in [-0.2, -0.15) is 0 Å². The van der Waals surface area contributed by atoms with Gasteiger partial charge in [-0.05, 0) is 48.0 Å². The second kappa shape index (κ2) is 8.56. The predicted octanol–water partition coefficient (Wildman–Crippen LogP) is 3.00. The Morgan fingerprint density at radius 3 is 2.37 bits per heavy atom. The lowest BCUT2D eigenvalue weighted by Gasteiger charge is -2.34. The van der Waals surface area contributed by atoms with Crippen LogP contribution >= 0.6 is 15.9 Å². The molecule has 0 N–H and O–H groups in total. The van der Waals surface area contributed by atoms with Crippen molar-refractivity contribution in [1.29, 1.82) is 0 Å². The number of amides is 1. The van der Waals surface area contributed by atoms with E-state index in [1.807, 2.05) is 18.7 Å². The maximum atomic E-state index is 12.9. The predicted molar refractivity (Wildman–Crippen MR) is 107 cm³/mol. The Kier molecular flexibility index (Phi) is 6.15. The topological polar surface area (TPSA) is 67.8 Å². The van der Waals surface area contributed by atoms with E-state index in [4.69, 9.17) is 9.47 Å². The first-order valence-corrected chi connectivity index (χ1v) is 9.63. The smallest absolute Gasteiger partial charge is 0.254 e. The van der Waals surface area contributed by atoms with E-state index < -0.39 is 0 Å². The van der Waals surface area contributed by atoms with Gasteiger partial charge in [0.05, 0.1) is 17.7 Å². The molecule has 7 nitrogen and oxygen atoms in total. The van der Waals surface area contributed by atoms with Crippen LogP contribution in [-0.2, 0) is 0 Å². The Morgan fingerprint density at radius 1 is 1.11 bits per heavy atom. The number of piperazine rings is 1. The number of benzene rings is 1. The van der Waals surface area contributed by atoms with Gasteiger partial charge in [0.25, 0.3) is 5.91 Å². The summed E-state index contributed by atoms with van der Waals surface area (Å²) < 4.78 is 11.9. The second-order valence-corrected chi connectivity index (χ2v) is 7.43. The molecule has 27 heavy (non-hydrogen) atoms. The quantitative estimate of drug-likeness (QED) is 0.720. The maximum absolute atomic E-state index is 12.9. The van der Waals surface area contributed by atoms with Gasteiger partial charge in [0, 0.05) is 44.1 Å². The van der Waals surface area contributed by atoms with Gasteiger partial charge >= 0.3 is 0 Å². The molecule has 3 rings (SSSR count). The zero-order chi connectivity index (χ0) is 19.4. The second-order valence-electron chi connectivity index (χ2n) is 6.51. The number of aromatic nitrogens is 2. The summed E-state index contributed by atoms with van der Waals surface area (Å²) in [6.07, 6.45) is 3.49. The van der Waals surface area contributed by atoms with Gasteiger partial charge in [0.2, 0.25) is 5.95 Å². The van der Waals surface area contributed by atoms with Crippen LogP contribution in [0.15, 0.2) is 35.1 Å². The normalized spacial score (nSPS) is 14.4. The number of rotatable bonds is 5. The number of nitrogens with zero attached hydrogens (tertiary/aromatic N) is 4. The number of carbonyl (C=O) groups is 1. The minimum Gasteiger partial charge on any atom is -0.493 e. The van der Waals surface area contributed by atoms with Crippen molar-refractivity contribution in [2.45, 2.75) is 20.0 Å². The molecule has 0 unspecified atom stereocenters. The Hall–Kier alpha value is -2.35. The lowest BCUT2D eigenvalue weighted by atomic mass is 10.1. The van der Waals surface area contributed by atoms with E-state index in [0.717, 1.165) is 4.47 Å². The summed E-state index contributed by atoms with van der Waals surface area (Å²) in [6.45, 7) is 6.52. The van der Waals surface area contributed by atoms with Crippen LogP contribution in [0, 0.1) is 0 Å². The molecule has 0 aliphatic carbocycles. The average molecular weight is 435 g/mol. The highest BCUT2D eigenvalue weighted by Gasteiger charge is 2.24. The van der Waals surface area contributed by atoms with Gasteiger partial charge in [-0.1, -0.05) is 0 Å². The molecule has 0 radical (unpaired) electrons. The van der Waals surface area contributed by atoms with Crippen molar-refractivity contribution in [2.75, 3.05) is 38.2 Å². The van der Waals surface area contributed by atoms with Crippen molar-refractivity contribution in [1.82, 2.24) is 14.9 Å². The number of hydrogen-bond donors (Lipinski definition) is 0. The van der Waals surface area contributed by atoms with Crippen LogP contribution in [0.4, 0.5) is 5.95 Å². The minimum atomic E-state index is -0.0132. The molecule has 1 amide bonds. The molecule has 0 atom stereocenters. The summed E-state index contributed by atoms with van der Waals surface area (Å²) >= 11 is 3.34. The third kappa shape index (κ3) is 4.68. The minimum absolute atomic E-state index is 0.0132. The fourth-order valence-electron chi connectivity index (χ4n) is 2.91. The summed E-state index contributed by atoms with van der Waals surface area (Å²) in [6, 6.07) is 5.31. The molecule has 1 aliphatic heterocycles. The summed E-state index contributed by atoms with van der Waals surface area (Å²) in [5, 5.41) is 0. The van der Waals surface area contributed by atoms with E-state index in [0.29, 0.717) is 49.2 Å². The fourth-order valence-corrected chi connectivity index (χ4v) is 3.12. The van der Waals surface area contributed by atoms with Crippen LogP contribution in [0.25, 0.3) is 0 Å². The summed E-state index contributed by atoms with van der Waals surface area (Å²) in [5.74, 6) is 1.88. The van der Waals surface area contributed by atoms with E-state index in [9.17, 15) is 4.79 Å². The van der Waals surface area contributed by atoms with Crippen molar-refractivity contribution < 1.29 is 14.3 Å². The van der Waals surface area contributed by atoms with Crippen molar-refractivity contribution >= 4 is 27.8 Å². The number of carbonyl (C=O) groups excluding carboxylic acids is 1. The molecule has 1 aromatic heterocycles. The molecule has 1 fully saturated rings. The van der Waals surface area contributed by atoms with Crippen LogP contribution in [0.1, 0.15) is 24.2 Å².